The summed E-state index contributed by atoms with van der Waals surface area (Å²) in [5.74, 6) is -0.192. The molecule has 0 aliphatic rings. The highest BCUT2D eigenvalue weighted by Crippen LogP contribution is 2.25. The van der Waals surface area contributed by atoms with Crippen molar-refractivity contribution in [1.82, 2.24) is 4.98 Å². The number of carbonyl (C=O) groups excluding carboxylic acids is 1. The lowest BCUT2D eigenvalue weighted by molar-refractivity contribution is 0.102. The van der Waals surface area contributed by atoms with Gasteiger partial charge in [-0.15, -0.1) is 0 Å². The molecule has 0 bridgehead atoms. The molecule has 3 rings (SSSR count). The van der Waals surface area contributed by atoms with Crippen molar-refractivity contribution < 1.29 is 9.21 Å². The molecule has 0 aliphatic carbocycles. The van der Waals surface area contributed by atoms with Gasteiger partial charge in [0, 0.05) is 23.2 Å². The summed E-state index contributed by atoms with van der Waals surface area (Å²) in [4.78, 5) is 37.7. The van der Waals surface area contributed by atoms with Crippen molar-refractivity contribution >= 4 is 22.5 Å². The minimum atomic E-state index is -0.518. The van der Waals surface area contributed by atoms with E-state index in [4.69, 9.17) is 0 Å². The zero-order valence-corrected chi connectivity index (χ0v) is 13.3. The second kappa shape index (κ2) is 6.16. The van der Waals surface area contributed by atoms with Gasteiger partial charge in [0.05, 0.1) is 11.1 Å². The number of aromatic nitrogens is 1. The maximum Gasteiger partial charge on any atom is 0.335 e. The Bertz CT molecular complexity index is 1010. The standard InChI is InChI=1S/C18H16N2O4/c1-10(2)14-8-16(21)20-15-7-12(4-5-13(14)15)19-18(23)11-3-6-17(22)24-9-11/h3-10H,1-2H3,(H,19,23)(H,20,21). The summed E-state index contributed by atoms with van der Waals surface area (Å²) in [6.07, 6.45) is 1.11. The summed E-state index contributed by atoms with van der Waals surface area (Å²) in [5, 5.41) is 3.65. The molecule has 0 saturated carbocycles. The van der Waals surface area contributed by atoms with E-state index in [9.17, 15) is 14.4 Å². The van der Waals surface area contributed by atoms with Crippen LogP contribution < -0.4 is 16.5 Å². The van der Waals surface area contributed by atoms with Crippen molar-refractivity contribution in [3.05, 3.63) is 74.6 Å². The maximum atomic E-state index is 12.2. The Morgan fingerprint density at radius 2 is 1.92 bits per heavy atom. The van der Waals surface area contributed by atoms with Gasteiger partial charge in [-0.25, -0.2) is 4.79 Å². The van der Waals surface area contributed by atoms with E-state index in [0.717, 1.165) is 17.2 Å². The van der Waals surface area contributed by atoms with Crippen LogP contribution in [0.4, 0.5) is 5.69 Å². The molecule has 2 heterocycles. The van der Waals surface area contributed by atoms with Crippen LogP contribution in [-0.4, -0.2) is 10.9 Å². The van der Waals surface area contributed by atoms with Gasteiger partial charge < -0.3 is 14.7 Å². The third kappa shape index (κ3) is 3.12. The molecule has 0 radical (unpaired) electrons. The molecule has 0 fully saturated rings. The molecule has 2 aromatic heterocycles. The molecule has 6 nitrogen and oxygen atoms in total. The summed E-state index contributed by atoms with van der Waals surface area (Å²) in [6.45, 7) is 4.04. The van der Waals surface area contributed by atoms with Crippen LogP contribution in [0.25, 0.3) is 10.9 Å². The third-order valence-electron chi connectivity index (χ3n) is 3.72. The fourth-order valence-electron chi connectivity index (χ4n) is 2.53. The molecule has 0 aliphatic heterocycles. The van der Waals surface area contributed by atoms with Gasteiger partial charge in [-0.05, 0) is 29.7 Å². The number of anilines is 1. The van der Waals surface area contributed by atoms with Gasteiger partial charge in [0.1, 0.15) is 6.26 Å². The first-order valence-corrected chi connectivity index (χ1v) is 7.51. The lowest BCUT2D eigenvalue weighted by Crippen LogP contribution is -2.13. The fraction of sp³-hybridized carbons (Fsp3) is 0.167. The summed E-state index contributed by atoms with van der Waals surface area (Å²) >= 11 is 0. The number of carbonyl (C=O) groups is 1. The normalized spacial score (nSPS) is 11.0. The van der Waals surface area contributed by atoms with Gasteiger partial charge in [0.15, 0.2) is 0 Å². The first kappa shape index (κ1) is 15.7. The molecule has 2 N–H and O–H groups in total. The van der Waals surface area contributed by atoms with Crippen molar-refractivity contribution in [3.8, 4) is 0 Å². The number of H-pyrrole nitrogens is 1. The summed E-state index contributed by atoms with van der Waals surface area (Å²) in [6, 6.07) is 9.50. The summed E-state index contributed by atoms with van der Waals surface area (Å²) in [5.41, 5.74) is 1.69. The Kier molecular flexibility index (Phi) is 4.04. The second-order valence-corrected chi connectivity index (χ2v) is 5.80. The van der Waals surface area contributed by atoms with E-state index in [2.05, 4.69) is 14.7 Å². The number of hydrogen-bond acceptors (Lipinski definition) is 4. The van der Waals surface area contributed by atoms with Crippen molar-refractivity contribution in [1.29, 1.82) is 0 Å². The number of fused-ring (bicyclic) bond motifs is 1. The van der Waals surface area contributed by atoms with Crippen molar-refractivity contribution in [3.63, 3.8) is 0 Å². The van der Waals surface area contributed by atoms with Crippen LogP contribution in [0.3, 0.4) is 0 Å². The minimum Gasteiger partial charge on any atom is -0.430 e. The predicted octanol–water partition coefficient (Wildman–Crippen LogP) is 2.86. The Morgan fingerprint density at radius 3 is 2.58 bits per heavy atom. The second-order valence-electron chi connectivity index (χ2n) is 5.80. The number of nitrogens with one attached hydrogen (secondary N) is 2. The highest BCUT2D eigenvalue weighted by Gasteiger charge is 2.10. The molecule has 0 unspecified atom stereocenters. The van der Waals surface area contributed by atoms with Crippen LogP contribution >= 0.6 is 0 Å². The first-order valence-electron chi connectivity index (χ1n) is 7.51. The predicted molar refractivity (Wildman–Crippen MR) is 91.6 cm³/mol. The average molecular weight is 324 g/mol. The van der Waals surface area contributed by atoms with Crippen molar-refractivity contribution in [2.75, 3.05) is 5.32 Å². The van der Waals surface area contributed by atoms with Crippen LogP contribution in [-0.2, 0) is 0 Å². The Labute approximate surface area is 137 Å². The van der Waals surface area contributed by atoms with E-state index in [1.165, 1.54) is 12.1 Å². The Balaban J connectivity index is 1.96. The molecule has 1 aromatic carbocycles. The summed E-state index contributed by atoms with van der Waals surface area (Å²) < 4.78 is 4.68. The lowest BCUT2D eigenvalue weighted by Gasteiger charge is -2.11. The van der Waals surface area contributed by atoms with Crippen LogP contribution in [0.2, 0.25) is 0 Å². The Morgan fingerprint density at radius 1 is 1.12 bits per heavy atom. The van der Waals surface area contributed by atoms with Crippen molar-refractivity contribution in [2.24, 2.45) is 0 Å². The van der Waals surface area contributed by atoms with Gasteiger partial charge in [0.25, 0.3) is 5.91 Å². The SMILES string of the molecule is CC(C)c1cc(=O)[nH]c2cc(NC(=O)c3ccc(=O)oc3)ccc12. The number of aromatic amines is 1. The van der Waals surface area contributed by atoms with E-state index in [1.807, 2.05) is 19.9 Å². The summed E-state index contributed by atoms with van der Waals surface area (Å²) in [7, 11) is 0. The molecule has 122 valence electrons. The average Bonchev–Trinajstić information content (AvgIpc) is 2.54. The van der Waals surface area contributed by atoms with E-state index >= 15 is 0 Å². The van der Waals surface area contributed by atoms with E-state index in [1.54, 1.807) is 18.2 Å². The molecule has 6 heteroatoms. The van der Waals surface area contributed by atoms with Crippen LogP contribution in [0, 0.1) is 0 Å². The topological polar surface area (TPSA) is 92.2 Å². The van der Waals surface area contributed by atoms with Gasteiger partial charge in [-0.3, -0.25) is 9.59 Å². The van der Waals surface area contributed by atoms with Crippen LogP contribution in [0.5, 0.6) is 0 Å². The minimum absolute atomic E-state index is 0.181. The molecule has 0 saturated heterocycles. The number of benzene rings is 1. The third-order valence-corrected chi connectivity index (χ3v) is 3.72. The quantitative estimate of drug-likeness (QED) is 0.775. The number of rotatable bonds is 3. The number of amides is 1. The maximum absolute atomic E-state index is 12.2. The number of pyridine rings is 1. The van der Waals surface area contributed by atoms with E-state index < -0.39 is 11.5 Å². The molecule has 3 aromatic rings. The fourth-order valence-corrected chi connectivity index (χ4v) is 2.53. The van der Waals surface area contributed by atoms with Crippen molar-refractivity contribution in [2.45, 2.75) is 19.8 Å². The highest BCUT2D eigenvalue weighted by molar-refractivity contribution is 6.04. The largest absolute Gasteiger partial charge is 0.430 e. The molecule has 24 heavy (non-hydrogen) atoms. The first-order chi connectivity index (χ1) is 11.4. The van der Waals surface area contributed by atoms with Gasteiger partial charge in [0.2, 0.25) is 5.56 Å². The lowest BCUT2D eigenvalue weighted by atomic mass is 9.99. The molecule has 1 amide bonds. The van der Waals surface area contributed by atoms with E-state index in [-0.39, 0.29) is 17.0 Å². The van der Waals surface area contributed by atoms with Gasteiger partial charge >= 0.3 is 5.63 Å². The monoisotopic (exact) mass is 324 g/mol. The molecular weight excluding hydrogens is 308 g/mol. The molecule has 0 atom stereocenters. The van der Waals surface area contributed by atoms with Gasteiger partial charge in [-0.2, -0.15) is 0 Å². The van der Waals surface area contributed by atoms with E-state index in [0.29, 0.717) is 11.2 Å². The zero-order chi connectivity index (χ0) is 17.3. The van der Waals surface area contributed by atoms with Crippen LogP contribution in [0.15, 0.2) is 56.7 Å². The van der Waals surface area contributed by atoms with Gasteiger partial charge in [-0.1, -0.05) is 19.9 Å². The molecular formula is C18H16N2O4. The zero-order valence-electron chi connectivity index (χ0n) is 13.3. The van der Waals surface area contributed by atoms with Crippen LogP contribution in [0.1, 0.15) is 35.7 Å². The number of hydrogen-bond donors (Lipinski definition) is 2. The smallest absolute Gasteiger partial charge is 0.335 e. The highest BCUT2D eigenvalue weighted by atomic mass is 16.4. The molecule has 0 spiro atoms. The Hall–Kier alpha value is -3.15.